The van der Waals surface area contributed by atoms with Crippen molar-refractivity contribution in [2.24, 2.45) is 17.8 Å². The van der Waals surface area contributed by atoms with Crippen LogP contribution in [0.1, 0.15) is 120 Å². The van der Waals surface area contributed by atoms with Crippen molar-refractivity contribution in [3.05, 3.63) is 131 Å². The van der Waals surface area contributed by atoms with Crippen LogP contribution in [0.4, 0.5) is 0 Å². The van der Waals surface area contributed by atoms with Crippen molar-refractivity contribution in [3.8, 4) is 22.3 Å². The van der Waals surface area contributed by atoms with Crippen molar-refractivity contribution in [1.29, 1.82) is 0 Å². The summed E-state index contributed by atoms with van der Waals surface area (Å²) in [4.78, 5) is 0. The molecule has 0 atom stereocenters. The minimum atomic E-state index is -0.826. The quantitative estimate of drug-likeness (QED) is 0.120. The third-order valence-electron chi connectivity index (χ3n) is 13.7. The Hall–Kier alpha value is -2.22. The van der Waals surface area contributed by atoms with Gasteiger partial charge in [0.15, 0.2) is 0 Å². The monoisotopic (exact) mass is 886 g/mol. The first-order chi connectivity index (χ1) is 27.6. The fourth-order valence-corrected chi connectivity index (χ4v) is 11.4. The zero-order chi connectivity index (χ0) is 40.2. The third-order valence-corrected chi connectivity index (χ3v) is 13.7. The van der Waals surface area contributed by atoms with Gasteiger partial charge in [-0.3, -0.25) is 0 Å². The average Bonchev–Trinajstić information content (AvgIpc) is 3.98. The van der Waals surface area contributed by atoms with Gasteiger partial charge in [0.25, 0.3) is 0 Å². The summed E-state index contributed by atoms with van der Waals surface area (Å²) in [6.07, 6.45) is 15.6. The van der Waals surface area contributed by atoms with Crippen LogP contribution in [-0.4, -0.2) is 9.52 Å². The Labute approximate surface area is 365 Å². The molecular weight excluding hydrogens is 827 g/mol. The molecule has 0 heterocycles. The van der Waals surface area contributed by atoms with E-state index in [4.69, 9.17) is 17.0 Å². The van der Waals surface area contributed by atoms with Gasteiger partial charge in [-0.1, -0.05) is 125 Å². The summed E-state index contributed by atoms with van der Waals surface area (Å²) in [6, 6.07) is 42.0. The molecule has 5 aliphatic rings. The Morgan fingerprint density at radius 1 is 0.684 bits per heavy atom. The van der Waals surface area contributed by atoms with Crippen molar-refractivity contribution in [1.82, 2.24) is 0 Å². The number of hydrogen-bond acceptors (Lipinski definition) is 0. The normalized spacial score (nSPS) is 22.3. The van der Waals surface area contributed by atoms with Gasteiger partial charge in [0.2, 0.25) is 0 Å². The Kier molecular flexibility index (Phi) is 14.3. The molecule has 0 aliphatic heterocycles. The average molecular weight is 889 g/mol. The van der Waals surface area contributed by atoms with Gasteiger partial charge in [-0.2, -0.15) is 12.1 Å². The summed E-state index contributed by atoms with van der Waals surface area (Å²) < 4.78 is 0. The Morgan fingerprint density at radius 3 is 1.65 bits per heavy atom. The van der Waals surface area contributed by atoms with Gasteiger partial charge in [-0.15, -0.1) is 69.1 Å². The second-order valence-corrected chi connectivity index (χ2v) is 23.5. The van der Waals surface area contributed by atoms with E-state index in [1.54, 1.807) is 11.1 Å². The molecule has 0 saturated heterocycles. The van der Waals surface area contributed by atoms with Crippen LogP contribution in [0.15, 0.2) is 109 Å². The zero-order valence-corrected chi connectivity index (χ0v) is 40.2. The molecule has 0 N–H and O–H groups in total. The van der Waals surface area contributed by atoms with Crippen molar-refractivity contribution in [2.45, 2.75) is 128 Å². The predicted octanol–water partition coefficient (Wildman–Crippen LogP) is 16.6. The van der Waals surface area contributed by atoms with Gasteiger partial charge in [-0.25, -0.2) is 0 Å². The van der Waals surface area contributed by atoms with Gasteiger partial charge in [0, 0.05) is 9.52 Å². The van der Waals surface area contributed by atoms with E-state index in [-0.39, 0.29) is 5.41 Å². The van der Waals surface area contributed by atoms with E-state index in [1.165, 1.54) is 119 Å². The van der Waals surface area contributed by atoms with Crippen LogP contribution in [0.2, 0.25) is 13.1 Å². The molecule has 0 unspecified atom stereocenters. The summed E-state index contributed by atoms with van der Waals surface area (Å²) in [5.74, 6) is 3.83. The van der Waals surface area contributed by atoms with E-state index in [0.717, 1.165) is 39.6 Å². The molecule has 6 aromatic rings. The maximum absolute atomic E-state index is 4.93. The van der Waals surface area contributed by atoms with Crippen LogP contribution < -0.4 is 0 Å². The third kappa shape index (κ3) is 9.72. The molecule has 4 heteroatoms. The van der Waals surface area contributed by atoms with Crippen LogP contribution in [0.3, 0.4) is 0 Å². The van der Waals surface area contributed by atoms with Gasteiger partial charge in [0.1, 0.15) is 0 Å². The fourth-order valence-electron chi connectivity index (χ4n) is 11.4. The Balaban J connectivity index is 0.000000154. The first-order valence-corrected chi connectivity index (χ1v) is 30.0. The molecule has 2 radical (unpaired) electrons. The summed E-state index contributed by atoms with van der Waals surface area (Å²) in [6.45, 7) is 13.4. The molecule has 5 aliphatic carbocycles. The molecular formula is C53H62Cl2SiZr. The number of halogens is 2. The molecule has 11 rings (SSSR count). The van der Waals surface area contributed by atoms with Crippen LogP contribution in [-0.2, 0) is 38.1 Å². The van der Waals surface area contributed by atoms with E-state index in [0.29, 0.717) is 5.41 Å². The minimum absolute atomic E-state index is 0.209. The number of aryl methyl sites for hydroxylation is 1. The second kappa shape index (κ2) is 19.0. The topological polar surface area (TPSA) is 0 Å². The second-order valence-electron chi connectivity index (χ2n) is 18.8. The Morgan fingerprint density at radius 2 is 1.16 bits per heavy atom. The molecule has 296 valence electrons. The van der Waals surface area contributed by atoms with Gasteiger partial charge < -0.3 is 0 Å². The summed E-state index contributed by atoms with van der Waals surface area (Å²) in [5, 5.41) is 5.61. The zero-order valence-electron chi connectivity index (χ0n) is 35.2. The maximum atomic E-state index is 4.93. The molecule has 57 heavy (non-hydrogen) atoms. The molecule has 0 aromatic heterocycles. The van der Waals surface area contributed by atoms with E-state index >= 15 is 0 Å². The summed E-state index contributed by atoms with van der Waals surface area (Å²) in [5.41, 5.74) is 12.2. The predicted molar refractivity (Wildman–Crippen MR) is 248 cm³/mol. The Bertz CT molecular complexity index is 2160. The van der Waals surface area contributed by atoms with Gasteiger partial charge in [0.05, 0.1) is 0 Å². The van der Waals surface area contributed by atoms with Crippen molar-refractivity contribution in [2.75, 3.05) is 0 Å². The molecule has 4 bridgehead atoms. The van der Waals surface area contributed by atoms with Crippen LogP contribution in [0.5, 0.6) is 0 Å². The summed E-state index contributed by atoms with van der Waals surface area (Å²) >= 11 is -0.826. The molecule has 6 aromatic carbocycles. The number of hydrogen-bond donors (Lipinski definition) is 0. The van der Waals surface area contributed by atoms with Crippen molar-refractivity contribution < 1.29 is 20.8 Å². The van der Waals surface area contributed by atoms with Crippen LogP contribution in [0, 0.1) is 17.8 Å². The summed E-state index contributed by atoms with van der Waals surface area (Å²) in [7, 11) is 11.0. The molecule has 5 fully saturated rings. The molecule has 5 saturated carbocycles. The first-order valence-electron chi connectivity index (χ1n) is 21.7. The van der Waals surface area contributed by atoms with Gasteiger partial charge >= 0.3 is 37.9 Å². The van der Waals surface area contributed by atoms with Crippen LogP contribution in [0.25, 0.3) is 43.8 Å². The van der Waals surface area contributed by atoms with E-state index < -0.39 is 20.8 Å². The van der Waals surface area contributed by atoms with Crippen molar-refractivity contribution in [3.63, 3.8) is 0 Å². The van der Waals surface area contributed by atoms with E-state index in [9.17, 15) is 0 Å². The molecule has 0 spiro atoms. The van der Waals surface area contributed by atoms with E-state index in [2.05, 4.69) is 150 Å². The number of fused-ring (bicyclic) bond motifs is 2. The molecule has 0 amide bonds. The number of benzene rings is 4. The van der Waals surface area contributed by atoms with E-state index in [1.807, 2.05) is 0 Å². The fraction of sp³-hybridized carbons (Fsp3) is 0.434. The SMILES string of the molecule is CC(C)(C)c1ccc(-c2cccc3[cH-]c(C4CCCC4)cc23)cc1.CCc1cc2c(-c3ccc(C45CC6CC(CC(C6)C4)C5)cc3)cccc2[cH-]1.C[Si]C.[Cl][Zr+2][Cl]. The van der Waals surface area contributed by atoms with Crippen molar-refractivity contribution >= 4 is 48.1 Å². The standard InChI is InChI=1S/C27H29.C24H27.C2H6Si.2ClH.Zr/c1-2-18-13-23-4-3-5-25(26(23)14-18)22-6-8-24(9-7-22)27-15-19-10-20(16-27)12-21(11-19)17-27;1-24(2,3)21-13-11-18(12-14-21)22-10-6-9-19-15-20(16-23(19)22)17-7-4-5-8-17;1-3-2;;;/h3-9,13-14,19-21H,2,10-12,15-17H2,1H3;6,9-17H,4-5,7-8H2,1-3H3;1-2H3;2*1H;/q2*-1;;;;+4/p-2. The molecule has 0 nitrogen and oxygen atoms in total. The van der Waals surface area contributed by atoms with Gasteiger partial charge in [-0.05, 0) is 115 Å². The number of rotatable bonds is 5. The first kappa shape index (κ1) is 42.9. The van der Waals surface area contributed by atoms with Crippen LogP contribution >= 0.6 is 17.0 Å².